The van der Waals surface area contributed by atoms with Gasteiger partial charge in [-0.1, -0.05) is 0 Å². The average Bonchev–Trinajstić information content (AvgIpc) is 2.16. The second-order valence-electron chi connectivity index (χ2n) is 2.52. The number of hydrazone groups is 1. The lowest BCUT2D eigenvalue weighted by atomic mass is 10.4. The Labute approximate surface area is 82.9 Å². The largest absolute Gasteiger partial charge is 0.477 e. The maximum atomic E-state index is 10.3. The molecular formula is C8H16N2O4. The molecule has 0 fully saturated rings. The molecule has 0 unspecified atom stereocenters. The lowest BCUT2D eigenvalue weighted by Crippen LogP contribution is -2.19. The monoisotopic (exact) mass is 204 g/mol. The van der Waals surface area contributed by atoms with E-state index in [4.69, 9.17) is 14.6 Å². The van der Waals surface area contributed by atoms with Crippen molar-refractivity contribution in [2.24, 2.45) is 5.10 Å². The van der Waals surface area contributed by atoms with E-state index in [0.29, 0.717) is 26.4 Å². The maximum absolute atomic E-state index is 10.3. The highest BCUT2D eigenvalue weighted by Crippen LogP contribution is 1.77. The number of aliphatic carboxylic acids is 1. The van der Waals surface area contributed by atoms with Crippen LogP contribution in [0.1, 0.15) is 6.92 Å². The Balaban J connectivity index is 3.29. The molecule has 2 N–H and O–H groups in total. The number of ether oxygens (including phenoxy) is 2. The normalized spacial score (nSPS) is 11.4. The van der Waals surface area contributed by atoms with Crippen LogP contribution in [-0.4, -0.2) is 50.3 Å². The Morgan fingerprint density at radius 2 is 2.14 bits per heavy atom. The number of carboxylic acids is 1. The quantitative estimate of drug-likeness (QED) is 0.322. The number of rotatable bonds is 8. The van der Waals surface area contributed by atoms with Crippen LogP contribution in [0.3, 0.4) is 0 Å². The molecular weight excluding hydrogens is 188 g/mol. The second-order valence-corrected chi connectivity index (χ2v) is 2.52. The lowest BCUT2D eigenvalue weighted by molar-refractivity contribution is -0.129. The maximum Gasteiger partial charge on any atom is 0.351 e. The minimum absolute atomic E-state index is 0.0295. The van der Waals surface area contributed by atoms with Gasteiger partial charge in [0.25, 0.3) is 0 Å². The fourth-order valence-corrected chi connectivity index (χ4v) is 0.584. The van der Waals surface area contributed by atoms with E-state index < -0.39 is 5.97 Å². The first-order chi connectivity index (χ1) is 6.68. The summed E-state index contributed by atoms with van der Waals surface area (Å²) in [5, 5.41) is 12.0. The predicted octanol–water partition coefficient (Wildman–Crippen LogP) is -0.300. The van der Waals surface area contributed by atoms with Crippen LogP contribution in [0.5, 0.6) is 0 Å². The third-order valence-electron chi connectivity index (χ3n) is 1.35. The van der Waals surface area contributed by atoms with Crippen LogP contribution >= 0.6 is 0 Å². The number of methoxy groups -OCH3 is 1. The van der Waals surface area contributed by atoms with Crippen LogP contribution in [0.25, 0.3) is 0 Å². The molecule has 0 saturated heterocycles. The molecule has 0 heterocycles. The molecule has 0 aromatic heterocycles. The molecule has 82 valence electrons. The molecule has 0 aromatic rings. The molecule has 0 aromatic carbocycles. The molecule has 0 bridgehead atoms. The van der Waals surface area contributed by atoms with Crippen LogP contribution < -0.4 is 5.43 Å². The van der Waals surface area contributed by atoms with E-state index >= 15 is 0 Å². The Hall–Kier alpha value is -1.14. The van der Waals surface area contributed by atoms with Gasteiger partial charge in [0.2, 0.25) is 0 Å². The average molecular weight is 204 g/mol. The molecule has 0 aliphatic heterocycles. The van der Waals surface area contributed by atoms with Crippen molar-refractivity contribution >= 4 is 11.7 Å². The molecule has 0 rings (SSSR count). The fraction of sp³-hybridized carbons (Fsp3) is 0.750. The molecule has 0 amide bonds. The Kier molecular flexibility index (Phi) is 7.77. The minimum atomic E-state index is -1.03. The van der Waals surface area contributed by atoms with E-state index in [0.717, 1.165) is 0 Å². The number of nitrogens with zero attached hydrogens (tertiary/aromatic N) is 1. The van der Waals surface area contributed by atoms with Gasteiger partial charge >= 0.3 is 5.97 Å². The summed E-state index contributed by atoms with van der Waals surface area (Å²) < 4.78 is 9.88. The first kappa shape index (κ1) is 12.9. The van der Waals surface area contributed by atoms with E-state index in [2.05, 4.69) is 10.5 Å². The van der Waals surface area contributed by atoms with Gasteiger partial charge in [-0.25, -0.2) is 4.79 Å². The second kappa shape index (κ2) is 8.46. The summed E-state index contributed by atoms with van der Waals surface area (Å²) in [7, 11) is 1.60. The van der Waals surface area contributed by atoms with Crippen molar-refractivity contribution in [2.75, 3.05) is 33.5 Å². The van der Waals surface area contributed by atoms with Gasteiger partial charge in [0.05, 0.1) is 26.4 Å². The van der Waals surface area contributed by atoms with Crippen molar-refractivity contribution in [1.82, 2.24) is 5.43 Å². The van der Waals surface area contributed by atoms with Crippen molar-refractivity contribution in [2.45, 2.75) is 6.92 Å². The first-order valence-electron chi connectivity index (χ1n) is 4.25. The number of carbonyl (C=O) groups is 1. The summed E-state index contributed by atoms with van der Waals surface area (Å²) >= 11 is 0. The zero-order valence-electron chi connectivity index (χ0n) is 8.45. The summed E-state index contributed by atoms with van der Waals surface area (Å²) in [5.41, 5.74) is 2.61. The number of nitrogens with one attached hydrogen (secondary N) is 1. The van der Waals surface area contributed by atoms with Gasteiger partial charge in [0.15, 0.2) is 0 Å². The molecule has 0 radical (unpaired) electrons. The summed E-state index contributed by atoms with van der Waals surface area (Å²) in [6, 6.07) is 0. The topological polar surface area (TPSA) is 80.2 Å². The first-order valence-corrected chi connectivity index (χ1v) is 4.25. The Morgan fingerprint density at radius 1 is 1.43 bits per heavy atom. The van der Waals surface area contributed by atoms with Crippen molar-refractivity contribution in [3.63, 3.8) is 0 Å². The van der Waals surface area contributed by atoms with Crippen LogP contribution in [0.2, 0.25) is 0 Å². The van der Waals surface area contributed by atoms with Gasteiger partial charge < -0.3 is 20.0 Å². The van der Waals surface area contributed by atoms with Gasteiger partial charge in [0.1, 0.15) is 5.71 Å². The molecule has 0 aliphatic rings. The summed E-state index contributed by atoms with van der Waals surface area (Å²) in [4.78, 5) is 10.3. The van der Waals surface area contributed by atoms with Crippen molar-refractivity contribution < 1.29 is 19.4 Å². The molecule has 6 heteroatoms. The van der Waals surface area contributed by atoms with Crippen LogP contribution in [0.15, 0.2) is 5.10 Å². The van der Waals surface area contributed by atoms with E-state index in [1.54, 1.807) is 7.11 Å². The standard InChI is InChI=1S/C8H16N2O4/c1-7(8(11)12)10-9-3-4-14-6-5-13-2/h9H,3-6H2,1-2H3,(H,11,12). The van der Waals surface area contributed by atoms with Gasteiger partial charge in [0, 0.05) is 7.11 Å². The highest BCUT2D eigenvalue weighted by Gasteiger charge is 1.99. The van der Waals surface area contributed by atoms with Crippen LogP contribution in [-0.2, 0) is 14.3 Å². The summed E-state index contributed by atoms with van der Waals surface area (Å²) in [6.45, 7) is 3.45. The number of carboxylic acid groups (broad SMARTS) is 1. The van der Waals surface area contributed by atoms with Gasteiger partial charge in [-0.3, -0.25) is 0 Å². The minimum Gasteiger partial charge on any atom is -0.477 e. The third kappa shape index (κ3) is 7.51. The summed E-state index contributed by atoms with van der Waals surface area (Å²) in [6.07, 6.45) is 0. The van der Waals surface area contributed by atoms with Crippen LogP contribution in [0.4, 0.5) is 0 Å². The van der Waals surface area contributed by atoms with E-state index in [1.807, 2.05) is 0 Å². The Bertz CT molecular complexity index is 194. The SMILES string of the molecule is COCCOCCNN=C(C)C(=O)O. The third-order valence-corrected chi connectivity index (χ3v) is 1.35. The molecule has 6 nitrogen and oxygen atoms in total. The Morgan fingerprint density at radius 3 is 2.71 bits per heavy atom. The highest BCUT2D eigenvalue weighted by molar-refractivity contribution is 6.34. The number of hydrogen-bond acceptors (Lipinski definition) is 5. The summed E-state index contributed by atoms with van der Waals surface area (Å²) in [5.74, 6) is -1.03. The van der Waals surface area contributed by atoms with Gasteiger partial charge in [-0.2, -0.15) is 5.10 Å². The molecule has 0 spiro atoms. The fourth-order valence-electron chi connectivity index (χ4n) is 0.584. The smallest absolute Gasteiger partial charge is 0.351 e. The zero-order chi connectivity index (χ0) is 10.8. The predicted molar refractivity (Wildman–Crippen MR) is 51.4 cm³/mol. The molecule has 0 atom stereocenters. The highest BCUT2D eigenvalue weighted by atomic mass is 16.5. The van der Waals surface area contributed by atoms with E-state index in [1.165, 1.54) is 6.92 Å². The molecule has 14 heavy (non-hydrogen) atoms. The molecule has 0 aliphatic carbocycles. The van der Waals surface area contributed by atoms with E-state index in [-0.39, 0.29) is 5.71 Å². The van der Waals surface area contributed by atoms with Crippen molar-refractivity contribution in [3.8, 4) is 0 Å². The molecule has 0 saturated carbocycles. The lowest BCUT2D eigenvalue weighted by Gasteiger charge is -2.03. The van der Waals surface area contributed by atoms with Crippen molar-refractivity contribution in [1.29, 1.82) is 0 Å². The van der Waals surface area contributed by atoms with Crippen LogP contribution in [0, 0.1) is 0 Å². The van der Waals surface area contributed by atoms with E-state index in [9.17, 15) is 4.79 Å². The van der Waals surface area contributed by atoms with Gasteiger partial charge in [-0.05, 0) is 6.92 Å². The van der Waals surface area contributed by atoms with Crippen molar-refractivity contribution in [3.05, 3.63) is 0 Å². The zero-order valence-corrected chi connectivity index (χ0v) is 8.45. The number of hydrogen-bond donors (Lipinski definition) is 2. The van der Waals surface area contributed by atoms with Gasteiger partial charge in [-0.15, -0.1) is 0 Å².